The Morgan fingerprint density at radius 3 is 2.94 bits per heavy atom. The molecule has 0 aliphatic carbocycles. The van der Waals surface area contributed by atoms with Crippen molar-refractivity contribution < 1.29 is 14.3 Å². The van der Waals surface area contributed by atoms with E-state index >= 15 is 0 Å². The van der Waals surface area contributed by atoms with Crippen molar-refractivity contribution in [3.63, 3.8) is 0 Å². The number of pyridine rings is 1. The molecule has 3 N–H and O–H groups in total. The van der Waals surface area contributed by atoms with E-state index < -0.39 is 0 Å². The average Bonchev–Trinajstić information content (AvgIpc) is 2.37. The Hall–Kier alpha value is -1.98. The zero-order valence-corrected chi connectivity index (χ0v) is 10.7. The fraction of sp³-hybridized carbons (Fsp3) is 0.500. The van der Waals surface area contributed by atoms with Crippen molar-refractivity contribution in [2.24, 2.45) is 0 Å². The Bertz CT molecular complexity index is 396. The van der Waals surface area contributed by atoms with Crippen LogP contribution in [0.3, 0.4) is 0 Å². The molecule has 0 aromatic carbocycles. The van der Waals surface area contributed by atoms with Gasteiger partial charge in [0.15, 0.2) is 5.82 Å². The standard InChI is InChI=1S/C12H19N3O3/c1-3-18-11(16)5-4-8-14-12-9(13)6-7-10(15-12)17-2/h6-7H,3-5,8,13H2,1-2H3,(H,14,15). The summed E-state index contributed by atoms with van der Waals surface area (Å²) in [7, 11) is 1.54. The number of esters is 1. The number of nitrogens with two attached hydrogens (primary N) is 1. The van der Waals surface area contributed by atoms with Gasteiger partial charge in [0.05, 0.1) is 19.4 Å². The molecule has 1 aromatic heterocycles. The Balaban J connectivity index is 2.37. The van der Waals surface area contributed by atoms with Crippen molar-refractivity contribution in [1.29, 1.82) is 0 Å². The minimum Gasteiger partial charge on any atom is -0.481 e. The van der Waals surface area contributed by atoms with Crippen LogP contribution in [0, 0.1) is 0 Å². The van der Waals surface area contributed by atoms with Crippen molar-refractivity contribution in [2.75, 3.05) is 31.3 Å². The van der Waals surface area contributed by atoms with E-state index in [1.165, 1.54) is 0 Å². The number of carbonyl (C=O) groups is 1. The highest BCUT2D eigenvalue weighted by molar-refractivity contribution is 5.69. The number of hydrogen-bond acceptors (Lipinski definition) is 6. The van der Waals surface area contributed by atoms with Crippen LogP contribution < -0.4 is 15.8 Å². The Morgan fingerprint density at radius 2 is 2.28 bits per heavy atom. The van der Waals surface area contributed by atoms with Gasteiger partial charge in [-0.25, -0.2) is 0 Å². The lowest BCUT2D eigenvalue weighted by molar-refractivity contribution is -0.143. The summed E-state index contributed by atoms with van der Waals surface area (Å²) in [5, 5.41) is 3.06. The molecule has 100 valence electrons. The molecule has 0 atom stereocenters. The van der Waals surface area contributed by atoms with Gasteiger partial charge >= 0.3 is 5.97 Å². The van der Waals surface area contributed by atoms with E-state index in [-0.39, 0.29) is 5.97 Å². The van der Waals surface area contributed by atoms with Crippen LogP contribution in [0.1, 0.15) is 19.8 Å². The van der Waals surface area contributed by atoms with Crippen molar-refractivity contribution in [3.8, 4) is 5.88 Å². The summed E-state index contributed by atoms with van der Waals surface area (Å²) in [5.74, 6) is 0.876. The van der Waals surface area contributed by atoms with Gasteiger partial charge in [0.25, 0.3) is 0 Å². The first kappa shape index (κ1) is 14.1. The predicted molar refractivity (Wildman–Crippen MR) is 69.6 cm³/mol. The maximum atomic E-state index is 11.1. The molecule has 6 heteroatoms. The molecule has 0 saturated carbocycles. The minimum atomic E-state index is -0.189. The molecule has 0 saturated heterocycles. The van der Waals surface area contributed by atoms with E-state index in [9.17, 15) is 4.79 Å². The molecule has 0 bridgehead atoms. The number of anilines is 2. The summed E-state index contributed by atoms with van der Waals surface area (Å²) in [5.41, 5.74) is 6.31. The quantitative estimate of drug-likeness (QED) is 0.564. The number of hydrogen-bond donors (Lipinski definition) is 2. The maximum Gasteiger partial charge on any atom is 0.305 e. The molecule has 0 radical (unpaired) electrons. The van der Waals surface area contributed by atoms with Gasteiger partial charge in [0.1, 0.15) is 0 Å². The second-order valence-corrected chi connectivity index (χ2v) is 3.63. The lowest BCUT2D eigenvalue weighted by atomic mass is 10.3. The number of methoxy groups -OCH3 is 1. The normalized spacial score (nSPS) is 9.89. The van der Waals surface area contributed by atoms with Gasteiger partial charge in [-0.3, -0.25) is 4.79 Å². The van der Waals surface area contributed by atoms with E-state index in [0.29, 0.717) is 43.4 Å². The average molecular weight is 253 g/mol. The van der Waals surface area contributed by atoms with Crippen molar-refractivity contribution in [3.05, 3.63) is 12.1 Å². The van der Waals surface area contributed by atoms with E-state index in [1.54, 1.807) is 26.2 Å². The van der Waals surface area contributed by atoms with Crippen LogP contribution in [0.15, 0.2) is 12.1 Å². The summed E-state index contributed by atoms with van der Waals surface area (Å²) in [6, 6.07) is 3.42. The van der Waals surface area contributed by atoms with Crippen LogP contribution in [0.25, 0.3) is 0 Å². The number of nitrogens with one attached hydrogen (secondary N) is 1. The lowest BCUT2D eigenvalue weighted by Crippen LogP contribution is -2.10. The maximum absolute atomic E-state index is 11.1. The van der Waals surface area contributed by atoms with Crippen LogP contribution in [0.5, 0.6) is 5.88 Å². The van der Waals surface area contributed by atoms with Gasteiger partial charge in [0.2, 0.25) is 5.88 Å². The first-order valence-corrected chi connectivity index (χ1v) is 5.87. The van der Waals surface area contributed by atoms with Gasteiger partial charge in [0, 0.05) is 19.0 Å². The van der Waals surface area contributed by atoms with Crippen LogP contribution >= 0.6 is 0 Å². The number of aromatic nitrogens is 1. The zero-order chi connectivity index (χ0) is 13.4. The summed E-state index contributed by atoms with van der Waals surface area (Å²) >= 11 is 0. The van der Waals surface area contributed by atoms with E-state index in [1.807, 2.05) is 0 Å². The highest BCUT2D eigenvalue weighted by Gasteiger charge is 2.04. The molecule has 18 heavy (non-hydrogen) atoms. The minimum absolute atomic E-state index is 0.189. The van der Waals surface area contributed by atoms with E-state index in [4.69, 9.17) is 15.2 Å². The smallest absolute Gasteiger partial charge is 0.305 e. The summed E-state index contributed by atoms with van der Waals surface area (Å²) in [6.07, 6.45) is 1.04. The highest BCUT2D eigenvalue weighted by atomic mass is 16.5. The molecular formula is C12H19N3O3. The first-order chi connectivity index (χ1) is 8.67. The van der Waals surface area contributed by atoms with Crippen molar-refractivity contribution in [1.82, 2.24) is 4.98 Å². The molecule has 0 amide bonds. The van der Waals surface area contributed by atoms with Gasteiger partial charge < -0.3 is 20.5 Å². The largest absolute Gasteiger partial charge is 0.481 e. The monoisotopic (exact) mass is 253 g/mol. The van der Waals surface area contributed by atoms with Gasteiger partial charge in [-0.05, 0) is 19.4 Å². The third-order valence-corrected chi connectivity index (χ3v) is 2.27. The topological polar surface area (TPSA) is 86.5 Å². The van der Waals surface area contributed by atoms with Crippen LogP contribution in [0.2, 0.25) is 0 Å². The molecule has 1 heterocycles. The first-order valence-electron chi connectivity index (χ1n) is 5.87. The van der Waals surface area contributed by atoms with Gasteiger partial charge in [-0.15, -0.1) is 0 Å². The highest BCUT2D eigenvalue weighted by Crippen LogP contribution is 2.19. The Kier molecular flexibility index (Phi) is 5.76. The molecule has 0 aliphatic rings. The van der Waals surface area contributed by atoms with E-state index in [2.05, 4.69) is 10.3 Å². The van der Waals surface area contributed by atoms with E-state index in [0.717, 1.165) is 0 Å². The number of ether oxygens (including phenoxy) is 2. The molecule has 0 aliphatic heterocycles. The number of nitrogens with zero attached hydrogens (tertiary/aromatic N) is 1. The summed E-state index contributed by atoms with van der Waals surface area (Å²) in [4.78, 5) is 15.3. The fourth-order valence-corrected chi connectivity index (χ4v) is 1.38. The molecule has 6 nitrogen and oxygen atoms in total. The predicted octanol–water partition coefficient (Wildman–Crippen LogP) is 1.43. The third kappa shape index (κ3) is 4.48. The second kappa shape index (κ2) is 7.37. The number of nitrogen functional groups attached to an aromatic ring is 1. The zero-order valence-electron chi connectivity index (χ0n) is 10.7. The van der Waals surface area contributed by atoms with Crippen LogP contribution in [-0.2, 0) is 9.53 Å². The second-order valence-electron chi connectivity index (χ2n) is 3.63. The molecule has 0 unspecified atom stereocenters. The Morgan fingerprint density at radius 1 is 1.50 bits per heavy atom. The molecule has 1 rings (SSSR count). The lowest BCUT2D eigenvalue weighted by Gasteiger charge is -2.09. The molecular weight excluding hydrogens is 234 g/mol. The van der Waals surface area contributed by atoms with Crippen LogP contribution in [-0.4, -0.2) is 31.2 Å². The van der Waals surface area contributed by atoms with Crippen LogP contribution in [0.4, 0.5) is 11.5 Å². The fourth-order valence-electron chi connectivity index (χ4n) is 1.38. The van der Waals surface area contributed by atoms with Crippen molar-refractivity contribution in [2.45, 2.75) is 19.8 Å². The van der Waals surface area contributed by atoms with Gasteiger partial charge in [-0.2, -0.15) is 4.98 Å². The van der Waals surface area contributed by atoms with Gasteiger partial charge in [-0.1, -0.05) is 0 Å². The summed E-state index contributed by atoms with van der Waals surface area (Å²) in [6.45, 7) is 2.80. The molecule has 0 spiro atoms. The molecule has 1 aromatic rings. The number of rotatable bonds is 7. The third-order valence-electron chi connectivity index (χ3n) is 2.27. The molecule has 0 fully saturated rings. The Labute approximate surface area is 106 Å². The summed E-state index contributed by atoms with van der Waals surface area (Å²) < 4.78 is 9.83. The number of carbonyl (C=O) groups excluding carboxylic acids is 1. The SMILES string of the molecule is CCOC(=O)CCCNc1nc(OC)ccc1N. The van der Waals surface area contributed by atoms with Crippen molar-refractivity contribution >= 4 is 17.5 Å².